The van der Waals surface area contributed by atoms with Crippen LogP contribution in [0.4, 0.5) is 0 Å². The number of hydrogen-bond donors (Lipinski definition) is 0. The largest absolute Gasteiger partial charge is 0.300 e. The summed E-state index contributed by atoms with van der Waals surface area (Å²) in [4.78, 5) is 10.8. The molecule has 0 bridgehead atoms. The van der Waals surface area contributed by atoms with Gasteiger partial charge in [0.2, 0.25) is 0 Å². The second-order valence-electron chi connectivity index (χ2n) is 6.74. The van der Waals surface area contributed by atoms with Crippen LogP contribution >= 0.6 is 0 Å². The van der Waals surface area contributed by atoms with Crippen LogP contribution in [-0.2, 0) is 4.79 Å². The van der Waals surface area contributed by atoms with Gasteiger partial charge in [0.15, 0.2) is 0 Å². The zero-order chi connectivity index (χ0) is 17.0. The Morgan fingerprint density at radius 1 is 0.652 bits per heavy atom. The molecular weight excluding hydrogens is 280 g/mol. The molecule has 0 saturated carbocycles. The molecule has 0 aromatic carbocycles. The molecule has 23 heavy (non-hydrogen) atoms. The molecule has 0 aliphatic heterocycles. The SMILES string of the molecule is CCCCCC/C=C\C/C=C\CCCCCCCCCC(C)=O. The topological polar surface area (TPSA) is 17.1 Å². The average Bonchev–Trinajstić information content (AvgIpc) is 2.53. The fraction of sp³-hybridized carbons (Fsp3) is 0.773. The second kappa shape index (κ2) is 19.2. The molecule has 0 aliphatic carbocycles. The van der Waals surface area contributed by atoms with Gasteiger partial charge in [-0.3, -0.25) is 0 Å². The zero-order valence-electron chi connectivity index (χ0n) is 15.8. The van der Waals surface area contributed by atoms with Crippen molar-refractivity contribution in [2.24, 2.45) is 0 Å². The third-order valence-corrected chi connectivity index (χ3v) is 4.23. The minimum absolute atomic E-state index is 0.336. The van der Waals surface area contributed by atoms with Crippen LogP contribution in [-0.4, -0.2) is 5.78 Å². The van der Waals surface area contributed by atoms with E-state index in [-0.39, 0.29) is 0 Å². The van der Waals surface area contributed by atoms with Crippen LogP contribution in [0.25, 0.3) is 0 Å². The fourth-order valence-electron chi connectivity index (χ4n) is 2.72. The molecule has 0 fully saturated rings. The van der Waals surface area contributed by atoms with E-state index in [1.165, 1.54) is 77.0 Å². The van der Waals surface area contributed by atoms with Gasteiger partial charge in [0.25, 0.3) is 0 Å². The first-order chi connectivity index (χ1) is 11.3. The summed E-state index contributed by atoms with van der Waals surface area (Å²) in [5.41, 5.74) is 0. The predicted octanol–water partition coefficient (Wildman–Crippen LogP) is 7.56. The van der Waals surface area contributed by atoms with E-state index in [4.69, 9.17) is 0 Å². The van der Waals surface area contributed by atoms with E-state index in [9.17, 15) is 4.79 Å². The smallest absolute Gasteiger partial charge is 0.129 e. The number of carbonyl (C=O) groups is 1. The molecule has 0 spiro atoms. The molecule has 0 aliphatic rings. The molecular formula is C22H40O. The van der Waals surface area contributed by atoms with Crippen LogP contribution in [0.5, 0.6) is 0 Å². The third-order valence-electron chi connectivity index (χ3n) is 4.23. The Morgan fingerprint density at radius 3 is 1.65 bits per heavy atom. The van der Waals surface area contributed by atoms with Crippen molar-refractivity contribution in [3.8, 4) is 0 Å². The number of hydrogen-bond acceptors (Lipinski definition) is 1. The summed E-state index contributed by atoms with van der Waals surface area (Å²) in [6.07, 6.45) is 28.1. The summed E-state index contributed by atoms with van der Waals surface area (Å²) >= 11 is 0. The Morgan fingerprint density at radius 2 is 1.13 bits per heavy atom. The van der Waals surface area contributed by atoms with Crippen LogP contribution in [0.2, 0.25) is 0 Å². The van der Waals surface area contributed by atoms with Crippen molar-refractivity contribution in [3.63, 3.8) is 0 Å². The highest BCUT2D eigenvalue weighted by molar-refractivity contribution is 5.75. The van der Waals surface area contributed by atoms with Crippen molar-refractivity contribution < 1.29 is 4.79 Å². The maximum atomic E-state index is 10.8. The Hall–Kier alpha value is -0.850. The second-order valence-corrected chi connectivity index (χ2v) is 6.74. The maximum absolute atomic E-state index is 10.8. The van der Waals surface area contributed by atoms with Gasteiger partial charge >= 0.3 is 0 Å². The molecule has 0 rings (SSSR count). The molecule has 1 heteroatoms. The van der Waals surface area contributed by atoms with Gasteiger partial charge in [-0.2, -0.15) is 0 Å². The normalized spacial score (nSPS) is 11.7. The Bertz CT molecular complexity index is 301. The van der Waals surface area contributed by atoms with E-state index >= 15 is 0 Å². The maximum Gasteiger partial charge on any atom is 0.129 e. The lowest BCUT2D eigenvalue weighted by molar-refractivity contribution is -0.117. The third kappa shape index (κ3) is 21.1. The molecule has 1 nitrogen and oxygen atoms in total. The molecule has 0 atom stereocenters. The van der Waals surface area contributed by atoms with E-state index in [1.807, 2.05) is 0 Å². The van der Waals surface area contributed by atoms with Gasteiger partial charge in [0, 0.05) is 6.42 Å². The summed E-state index contributed by atoms with van der Waals surface area (Å²) in [6, 6.07) is 0. The molecule has 134 valence electrons. The first-order valence-corrected chi connectivity index (χ1v) is 10.1. The van der Waals surface area contributed by atoms with Gasteiger partial charge in [0.05, 0.1) is 0 Å². The van der Waals surface area contributed by atoms with Crippen molar-refractivity contribution in [2.45, 2.75) is 110 Å². The van der Waals surface area contributed by atoms with Gasteiger partial charge < -0.3 is 4.79 Å². The number of allylic oxidation sites excluding steroid dienone is 4. The predicted molar refractivity (Wildman–Crippen MR) is 104 cm³/mol. The van der Waals surface area contributed by atoms with Crippen molar-refractivity contribution in [3.05, 3.63) is 24.3 Å². The summed E-state index contributed by atoms with van der Waals surface area (Å²) in [7, 11) is 0. The highest BCUT2D eigenvalue weighted by Crippen LogP contribution is 2.10. The van der Waals surface area contributed by atoms with E-state index in [0.29, 0.717) is 5.78 Å². The van der Waals surface area contributed by atoms with Gasteiger partial charge in [-0.15, -0.1) is 0 Å². The van der Waals surface area contributed by atoms with Gasteiger partial charge in [-0.1, -0.05) is 82.6 Å². The Balaban J connectivity index is 3.16. The summed E-state index contributed by atoms with van der Waals surface area (Å²) < 4.78 is 0. The lowest BCUT2D eigenvalue weighted by Gasteiger charge is -2.00. The Labute approximate surface area is 145 Å². The standard InChI is InChI=1S/C22H40O/c1-3-4-5-6-7-8-9-10-11-12-13-14-15-16-17-18-19-20-21-22(2)23/h8-9,11-12H,3-7,10,13-21H2,1-2H3/b9-8-,12-11-. The van der Waals surface area contributed by atoms with E-state index in [0.717, 1.165) is 19.3 Å². The first kappa shape index (κ1) is 22.1. The molecule has 0 aromatic rings. The minimum atomic E-state index is 0.336. The number of unbranched alkanes of at least 4 members (excludes halogenated alkanes) is 11. The lowest BCUT2D eigenvalue weighted by Crippen LogP contribution is -1.89. The van der Waals surface area contributed by atoms with E-state index < -0.39 is 0 Å². The molecule has 0 amide bonds. The van der Waals surface area contributed by atoms with Crippen LogP contribution in [0.1, 0.15) is 110 Å². The quantitative estimate of drug-likeness (QED) is 0.199. The molecule has 0 N–H and O–H groups in total. The highest BCUT2D eigenvalue weighted by Gasteiger charge is 1.94. The summed E-state index contributed by atoms with van der Waals surface area (Å²) in [5, 5.41) is 0. The highest BCUT2D eigenvalue weighted by atomic mass is 16.1. The zero-order valence-corrected chi connectivity index (χ0v) is 15.8. The minimum Gasteiger partial charge on any atom is -0.300 e. The molecule has 0 aromatic heterocycles. The van der Waals surface area contributed by atoms with Gasteiger partial charge in [0.1, 0.15) is 5.78 Å². The fourth-order valence-corrected chi connectivity index (χ4v) is 2.72. The molecule has 0 heterocycles. The van der Waals surface area contributed by atoms with Crippen LogP contribution in [0.15, 0.2) is 24.3 Å². The molecule has 0 radical (unpaired) electrons. The molecule has 0 unspecified atom stereocenters. The number of carbonyl (C=O) groups excluding carboxylic acids is 1. The average molecular weight is 321 g/mol. The van der Waals surface area contributed by atoms with Crippen LogP contribution in [0.3, 0.4) is 0 Å². The van der Waals surface area contributed by atoms with Crippen molar-refractivity contribution in [2.75, 3.05) is 0 Å². The molecule has 0 saturated heterocycles. The van der Waals surface area contributed by atoms with E-state index in [2.05, 4.69) is 31.2 Å². The summed E-state index contributed by atoms with van der Waals surface area (Å²) in [6.45, 7) is 3.95. The van der Waals surface area contributed by atoms with Crippen molar-refractivity contribution in [1.29, 1.82) is 0 Å². The number of rotatable bonds is 17. The van der Waals surface area contributed by atoms with Crippen LogP contribution < -0.4 is 0 Å². The first-order valence-electron chi connectivity index (χ1n) is 10.1. The van der Waals surface area contributed by atoms with Crippen molar-refractivity contribution in [1.82, 2.24) is 0 Å². The van der Waals surface area contributed by atoms with Crippen molar-refractivity contribution >= 4 is 5.78 Å². The Kier molecular flexibility index (Phi) is 18.5. The monoisotopic (exact) mass is 320 g/mol. The number of ketones is 1. The van der Waals surface area contributed by atoms with Crippen LogP contribution in [0, 0.1) is 0 Å². The summed E-state index contributed by atoms with van der Waals surface area (Å²) in [5.74, 6) is 0.336. The van der Waals surface area contributed by atoms with E-state index in [1.54, 1.807) is 6.92 Å². The lowest BCUT2D eigenvalue weighted by atomic mass is 10.1. The van der Waals surface area contributed by atoms with Gasteiger partial charge in [-0.25, -0.2) is 0 Å². The number of Topliss-reactive ketones (excluding diaryl/α,β-unsaturated/α-hetero) is 1. The van der Waals surface area contributed by atoms with Gasteiger partial charge in [-0.05, 0) is 45.4 Å².